The van der Waals surface area contributed by atoms with Crippen LogP contribution in [0.25, 0.3) is 10.9 Å². The molecule has 0 atom stereocenters. The first-order valence-corrected chi connectivity index (χ1v) is 10.3. The van der Waals surface area contributed by atoms with Gasteiger partial charge in [-0.3, -0.25) is 18.3 Å². The summed E-state index contributed by atoms with van der Waals surface area (Å²) in [5.74, 6) is 0.0287. The van der Waals surface area contributed by atoms with Crippen LogP contribution in [0.15, 0.2) is 49.5 Å². The second-order valence-electron chi connectivity index (χ2n) is 7.28. The second kappa shape index (κ2) is 6.40. The molecule has 0 bridgehead atoms. The number of benzene rings is 1. The van der Waals surface area contributed by atoms with Crippen molar-refractivity contribution in [2.45, 2.75) is 24.3 Å². The zero-order chi connectivity index (χ0) is 20.1. The molecule has 0 radical (unpaired) electrons. The van der Waals surface area contributed by atoms with Gasteiger partial charge >= 0.3 is 5.69 Å². The lowest BCUT2D eigenvalue weighted by molar-refractivity contribution is 0.367. The fraction of sp³-hybridized carbons (Fsp3) is 0.389. The van der Waals surface area contributed by atoms with Crippen molar-refractivity contribution in [1.82, 2.24) is 14.3 Å². The van der Waals surface area contributed by atoms with Crippen molar-refractivity contribution < 1.29 is 17.3 Å². The molecule has 2 heterocycles. The maximum atomic E-state index is 13.2. The highest BCUT2D eigenvalue weighted by Crippen LogP contribution is 2.47. The van der Waals surface area contributed by atoms with Gasteiger partial charge in [0.05, 0.1) is 41.0 Å². The van der Waals surface area contributed by atoms with Crippen molar-refractivity contribution >= 4 is 20.7 Å². The molecule has 10 heteroatoms. The molecule has 0 aliphatic heterocycles. The van der Waals surface area contributed by atoms with Gasteiger partial charge in [-0.15, -0.1) is 0 Å². The minimum Gasteiger partial charge on any atom is -0.359 e. The van der Waals surface area contributed by atoms with Gasteiger partial charge in [0.1, 0.15) is 0 Å². The first-order chi connectivity index (χ1) is 13.3. The zero-order valence-corrected chi connectivity index (χ0v) is 15.9. The highest BCUT2D eigenvalue weighted by Gasteiger charge is 2.46. The van der Waals surface area contributed by atoms with Gasteiger partial charge in [-0.2, -0.15) is 0 Å². The van der Waals surface area contributed by atoms with Crippen LogP contribution in [0.4, 0.5) is 4.39 Å². The Kier molecular flexibility index (Phi) is 4.25. The van der Waals surface area contributed by atoms with Crippen LogP contribution in [0.1, 0.15) is 18.6 Å². The number of hydrogen-bond acceptors (Lipinski definition) is 6. The van der Waals surface area contributed by atoms with E-state index < -0.39 is 33.2 Å². The highest BCUT2D eigenvalue weighted by molar-refractivity contribution is 7.91. The smallest absolute Gasteiger partial charge is 0.331 e. The molecule has 8 nitrogen and oxygen atoms in total. The summed E-state index contributed by atoms with van der Waals surface area (Å²) in [7, 11) is -2.27. The quantitative estimate of drug-likeness (QED) is 0.609. The van der Waals surface area contributed by atoms with E-state index >= 15 is 0 Å². The van der Waals surface area contributed by atoms with Crippen LogP contribution in [0.2, 0.25) is 0 Å². The standard InChI is InChI=1S/C18H18FN3O5S/c1-21-15-3-2-13(28(25,26)11-18(10-19)5-6-18)8-14(15)16(23)22(17(21)24)9-12-4-7-20-27-12/h2-4,7-8H,5-6,9-11H2,1H3. The Morgan fingerprint density at radius 1 is 1.25 bits per heavy atom. The number of fused-ring (bicyclic) bond motifs is 1. The third kappa shape index (κ3) is 3.07. The fourth-order valence-electron chi connectivity index (χ4n) is 3.29. The molecule has 28 heavy (non-hydrogen) atoms. The van der Waals surface area contributed by atoms with Crippen LogP contribution in [-0.4, -0.2) is 35.1 Å². The summed E-state index contributed by atoms with van der Waals surface area (Å²) in [5, 5.41) is 3.64. The van der Waals surface area contributed by atoms with Crippen LogP contribution < -0.4 is 11.2 Å². The second-order valence-corrected chi connectivity index (χ2v) is 9.27. The van der Waals surface area contributed by atoms with E-state index in [0.717, 1.165) is 4.57 Å². The third-order valence-corrected chi connectivity index (χ3v) is 7.19. The molecule has 0 unspecified atom stereocenters. The Labute approximate surface area is 159 Å². The van der Waals surface area contributed by atoms with Gasteiger partial charge in [-0.1, -0.05) is 5.16 Å². The van der Waals surface area contributed by atoms with E-state index in [4.69, 9.17) is 4.52 Å². The van der Waals surface area contributed by atoms with Crippen molar-refractivity contribution in [1.29, 1.82) is 0 Å². The molecule has 2 aromatic heterocycles. The molecule has 3 aromatic rings. The average Bonchev–Trinajstić information content (AvgIpc) is 3.24. The van der Waals surface area contributed by atoms with Crippen molar-refractivity contribution in [3.63, 3.8) is 0 Å². The summed E-state index contributed by atoms with van der Waals surface area (Å²) in [6, 6.07) is 5.57. The van der Waals surface area contributed by atoms with E-state index in [1.807, 2.05) is 0 Å². The topological polar surface area (TPSA) is 104 Å². The maximum absolute atomic E-state index is 13.2. The largest absolute Gasteiger partial charge is 0.359 e. The molecule has 0 N–H and O–H groups in total. The van der Waals surface area contributed by atoms with E-state index in [-0.39, 0.29) is 22.6 Å². The number of rotatable bonds is 6. The van der Waals surface area contributed by atoms with Gasteiger partial charge in [0, 0.05) is 18.5 Å². The van der Waals surface area contributed by atoms with Crippen molar-refractivity contribution in [3.8, 4) is 0 Å². The summed E-state index contributed by atoms with van der Waals surface area (Å²) < 4.78 is 45.8. The maximum Gasteiger partial charge on any atom is 0.331 e. The summed E-state index contributed by atoms with van der Waals surface area (Å²) in [5.41, 5.74) is -1.67. The van der Waals surface area contributed by atoms with Crippen LogP contribution in [0, 0.1) is 5.41 Å². The Hall–Kier alpha value is -2.75. The molecule has 148 valence electrons. The lowest BCUT2D eigenvalue weighted by Gasteiger charge is -2.13. The predicted octanol–water partition coefficient (Wildman–Crippen LogP) is 1.26. The molecule has 1 aromatic carbocycles. The van der Waals surface area contributed by atoms with Gasteiger partial charge in [0.15, 0.2) is 15.6 Å². The van der Waals surface area contributed by atoms with Crippen LogP contribution >= 0.6 is 0 Å². The Morgan fingerprint density at radius 2 is 2.00 bits per heavy atom. The SMILES string of the molecule is Cn1c(=O)n(Cc2ccno2)c(=O)c2cc(S(=O)(=O)CC3(CF)CC3)ccc21. The van der Waals surface area contributed by atoms with Crippen LogP contribution in [0.3, 0.4) is 0 Å². The van der Waals surface area contributed by atoms with E-state index in [1.54, 1.807) is 0 Å². The normalized spacial score (nSPS) is 15.8. The van der Waals surface area contributed by atoms with E-state index in [0.29, 0.717) is 24.1 Å². The van der Waals surface area contributed by atoms with Crippen molar-refractivity contribution in [2.24, 2.45) is 12.5 Å². The number of aryl methyl sites for hydroxylation is 1. The summed E-state index contributed by atoms with van der Waals surface area (Å²) >= 11 is 0. The van der Waals surface area contributed by atoms with E-state index in [1.165, 1.54) is 42.1 Å². The number of aromatic nitrogens is 3. The Morgan fingerprint density at radius 3 is 2.61 bits per heavy atom. The van der Waals surface area contributed by atoms with Crippen LogP contribution in [-0.2, 0) is 23.4 Å². The van der Waals surface area contributed by atoms with Crippen molar-refractivity contribution in [2.75, 3.05) is 12.4 Å². The van der Waals surface area contributed by atoms with E-state index in [9.17, 15) is 22.4 Å². The molecule has 1 saturated carbocycles. The molecule has 4 rings (SSSR count). The number of nitrogens with zero attached hydrogens (tertiary/aromatic N) is 3. The molecule has 1 aliphatic carbocycles. The van der Waals surface area contributed by atoms with Gasteiger partial charge in [0.25, 0.3) is 5.56 Å². The monoisotopic (exact) mass is 407 g/mol. The zero-order valence-electron chi connectivity index (χ0n) is 15.1. The molecule has 0 saturated heterocycles. The fourth-order valence-corrected chi connectivity index (χ4v) is 5.20. The predicted molar refractivity (Wildman–Crippen MR) is 98.7 cm³/mol. The van der Waals surface area contributed by atoms with Crippen molar-refractivity contribution in [3.05, 3.63) is 57.1 Å². The van der Waals surface area contributed by atoms with E-state index in [2.05, 4.69) is 5.16 Å². The van der Waals surface area contributed by atoms with Gasteiger partial charge in [-0.25, -0.2) is 13.2 Å². The molecule has 1 fully saturated rings. The van der Waals surface area contributed by atoms with Gasteiger partial charge in [0.2, 0.25) is 0 Å². The lowest BCUT2D eigenvalue weighted by atomic mass is 10.2. The highest BCUT2D eigenvalue weighted by atomic mass is 32.2. The molecule has 0 amide bonds. The number of alkyl halides is 1. The Balaban J connectivity index is 1.85. The lowest BCUT2D eigenvalue weighted by Crippen LogP contribution is -2.39. The molecular formula is C18H18FN3O5S. The molecule has 0 spiro atoms. The molecule has 1 aliphatic rings. The number of sulfone groups is 1. The summed E-state index contributed by atoms with van der Waals surface area (Å²) in [4.78, 5) is 25.4. The first kappa shape index (κ1) is 18.6. The van der Waals surface area contributed by atoms with Crippen LogP contribution in [0.5, 0.6) is 0 Å². The molecular weight excluding hydrogens is 389 g/mol. The first-order valence-electron chi connectivity index (χ1n) is 8.68. The summed E-state index contributed by atoms with van der Waals surface area (Å²) in [6.45, 7) is -0.804. The summed E-state index contributed by atoms with van der Waals surface area (Å²) in [6.07, 6.45) is 2.47. The third-order valence-electron chi connectivity index (χ3n) is 5.22. The van der Waals surface area contributed by atoms with Gasteiger partial charge in [-0.05, 0) is 31.0 Å². The minimum atomic E-state index is -3.77. The number of hydrogen-bond donors (Lipinski definition) is 0. The number of halogens is 1. The Bertz CT molecular complexity index is 1270. The average molecular weight is 407 g/mol. The minimum absolute atomic E-state index is 0.0540. The van der Waals surface area contributed by atoms with Gasteiger partial charge < -0.3 is 4.52 Å².